The molecule has 4 rings (SSSR count). The number of methoxy groups -OCH3 is 1. The van der Waals surface area contributed by atoms with E-state index in [0.717, 1.165) is 29.7 Å². The first-order chi connectivity index (χ1) is 13.3. The topological polar surface area (TPSA) is 48.5 Å². The molecule has 0 saturated heterocycles. The molecular weight excluding hydrogens is 357 g/mol. The van der Waals surface area contributed by atoms with Crippen LogP contribution in [0.15, 0.2) is 23.0 Å². The molecule has 0 bridgehead atoms. The predicted octanol–water partition coefficient (Wildman–Crippen LogP) is 4.46. The van der Waals surface area contributed by atoms with Crippen LogP contribution in [0.5, 0.6) is 5.75 Å². The van der Waals surface area contributed by atoms with Gasteiger partial charge in [0.2, 0.25) is 0 Å². The van der Waals surface area contributed by atoms with Crippen molar-refractivity contribution in [1.29, 1.82) is 0 Å². The van der Waals surface area contributed by atoms with E-state index >= 15 is 0 Å². The third kappa shape index (κ3) is 3.01. The average Bonchev–Trinajstić information content (AvgIpc) is 3.40. The van der Waals surface area contributed by atoms with E-state index in [-0.39, 0.29) is 17.2 Å². The van der Waals surface area contributed by atoms with Crippen molar-refractivity contribution in [3.05, 3.63) is 51.2 Å². The van der Waals surface area contributed by atoms with E-state index in [4.69, 9.17) is 9.84 Å². The molecule has 0 radical (unpaired) electrons. The second-order valence-corrected chi connectivity index (χ2v) is 8.14. The number of aromatic nitrogens is 3. The number of ether oxygens (including phenoxy) is 1. The fraction of sp³-hybridized carbons (Fsp3) is 0.455. The van der Waals surface area contributed by atoms with Crippen LogP contribution < -0.4 is 10.3 Å². The second kappa shape index (κ2) is 6.76. The van der Waals surface area contributed by atoms with Gasteiger partial charge in [-0.15, -0.1) is 5.10 Å². The highest BCUT2D eigenvalue weighted by Crippen LogP contribution is 2.34. The van der Waals surface area contributed by atoms with Crippen molar-refractivity contribution in [3.63, 3.8) is 0 Å². The van der Waals surface area contributed by atoms with Gasteiger partial charge in [-0.3, -0.25) is 9.36 Å². The lowest BCUT2D eigenvalue weighted by Gasteiger charge is -2.16. The van der Waals surface area contributed by atoms with Crippen molar-refractivity contribution in [2.75, 3.05) is 7.11 Å². The van der Waals surface area contributed by atoms with E-state index in [0.29, 0.717) is 29.4 Å². The molecular formula is C22H26FN3O2. The number of hydrogen-bond donors (Lipinski definition) is 0. The van der Waals surface area contributed by atoms with E-state index in [1.807, 2.05) is 19.9 Å². The Balaban J connectivity index is 2.04. The van der Waals surface area contributed by atoms with Crippen LogP contribution in [0.4, 0.5) is 4.39 Å². The molecule has 0 aliphatic heterocycles. The van der Waals surface area contributed by atoms with Crippen molar-refractivity contribution in [2.45, 2.75) is 53.0 Å². The highest BCUT2D eigenvalue weighted by Gasteiger charge is 2.27. The van der Waals surface area contributed by atoms with Crippen LogP contribution >= 0.6 is 0 Å². The smallest absolute Gasteiger partial charge is 0.278 e. The summed E-state index contributed by atoms with van der Waals surface area (Å²) in [4.78, 5) is 13.5. The van der Waals surface area contributed by atoms with Crippen LogP contribution in [0.3, 0.4) is 0 Å². The minimum Gasteiger partial charge on any atom is -0.494 e. The van der Waals surface area contributed by atoms with Gasteiger partial charge in [0.15, 0.2) is 17.4 Å². The molecule has 5 nitrogen and oxygen atoms in total. The van der Waals surface area contributed by atoms with E-state index in [9.17, 15) is 9.18 Å². The summed E-state index contributed by atoms with van der Waals surface area (Å²) in [5.41, 5.74) is 3.93. The number of aryl methyl sites for hydroxylation is 2. The summed E-state index contributed by atoms with van der Waals surface area (Å²) in [5, 5.41) is 4.82. The van der Waals surface area contributed by atoms with Crippen molar-refractivity contribution >= 4 is 5.52 Å². The van der Waals surface area contributed by atoms with Crippen LogP contribution in [0.25, 0.3) is 16.9 Å². The largest absolute Gasteiger partial charge is 0.494 e. The molecule has 1 saturated carbocycles. The number of nitrogens with zero attached hydrogens (tertiary/aromatic N) is 3. The van der Waals surface area contributed by atoms with Gasteiger partial charge < -0.3 is 4.74 Å². The maximum Gasteiger partial charge on any atom is 0.278 e. The number of halogens is 1. The number of hydrogen-bond acceptors (Lipinski definition) is 3. The highest BCUT2D eigenvalue weighted by molar-refractivity contribution is 5.65. The van der Waals surface area contributed by atoms with Crippen molar-refractivity contribution in [3.8, 4) is 17.1 Å². The van der Waals surface area contributed by atoms with Crippen LogP contribution in [-0.4, -0.2) is 21.3 Å². The molecule has 28 heavy (non-hydrogen) atoms. The van der Waals surface area contributed by atoms with Gasteiger partial charge in [-0.05, 0) is 67.9 Å². The standard InChI is InChI=1S/C22H26FN3O2/c1-12(2)16-9-14(4)26-20(16)22(27)25(11-15-6-7-15)21(24-26)17-10-18(23)19(28-5)8-13(17)3/h8-10,12,15H,6-7,11H2,1-5H3. The summed E-state index contributed by atoms with van der Waals surface area (Å²) >= 11 is 0. The fourth-order valence-corrected chi connectivity index (χ4v) is 3.79. The van der Waals surface area contributed by atoms with Crippen LogP contribution in [-0.2, 0) is 6.54 Å². The van der Waals surface area contributed by atoms with Crippen LogP contribution in [0.1, 0.15) is 49.4 Å². The molecule has 0 amide bonds. The second-order valence-electron chi connectivity index (χ2n) is 8.14. The quantitative estimate of drug-likeness (QED) is 0.653. The first-order valence-corrected chi connectivity index (χ1v) is 9.79. The maximum atomic E-state index is 14.5. The summed E-state index contributed by atoms with van der Waals surface area (Å²) in [6.45, 7) is 8.61. The Morgan fingerprint density at radius 2 is 1.96 bits per heavy atom. The Labute approximate surface area is 163 Å². The molecule has 1 aliphatic carbocycles. The van der Waals surface area contributed by atoms with Gasteiger partial charge in [0, 0.05) is 17.8 Å². The minimum atomic E-state index is -0.456. The minimum absolute atomic E-state index is 0.0515. The van der Waals surface area contributed by atoms with E-state index in [1.54, 1.807) is 15.1 Å². The van der Waals surface area contributed by atoms with Gasteiger partial charge in [0.05, 0.1) is 7.11 Å². The summed E-state index contributed by atoms with van der Waals surface area (Å²) in [6.07, 6.45) is 2.23. The Hall–Kier alpha value is -2.63. The van der Waals surface area contributed by atoms with Gasteiger partial charge in [-0.1, -0.05) is 13.8 Å². The third-order valence-electron chi connectivity index (χ3n) is 5.58. The maximum absolute atomic E-state index is 14.5. The molecule has 0 spiro atoms. The molecule has 0 atom stereocenters. The van der Waals surface area contributed by atoms with Crippen LogP contribution in [0.2, 0.25) is 0 Å². The molecule has 2 aromatic heterocycles. The molecule has 148 valence electrons. The Kier molecular flexibility index (Phi) is 4.52. The van der Waals surface area contributed by atoms with Gasteiger partial charge in [0.1, 0.15) is 5.52 Å². The third-order valence-corrected chi connectivity index (χ3v) is 5.58. The van der Waals surface area contributed by atoms with E-state index in [2.05, 4.69) is 13.8 Å². The monoisotopic (exact) mass is 383 g/mol. The van der Waals surface area contributed by atoms with Gasteiger partial charge in [-0.25, -0.2) is 8.91 Å². The van der Waals surface area contributed by atoms with Gasteiger partial charge >= 0.3 is 0 Å². The Morgan fingerprint density at radius 3 is 2.57 bits per heavy atom. The summed E-state index contributed by atoms with van der Waals surface area (Å²) < 4.78 is 23.0. The summed E-state index contributed by atoms with van der Waals surface area (Å²) in [6, 6.07) is 5.11. The number of benzene rings is 1. The SMILES string of the molecule is COc1cc(C)c(-c2nn3c(C)cc(C(C)C)c3c(=O)n2CC2CC2)cc1F. The zero-order chi connectivity index (χ0) is 20.2. The van der Waals surface area contributed by atoms with Crippen molar-refractivity contribution in [1.82, 2.24) is 14.2 Å². The van der Waals surface area contributed by atoms with Gasteiger partial charge in [0.25, 0.3) is 5.56 Å². The molecule has 1 aliphatic rings. The average molecular weight is 383 g/mol. The molecule has 1 fully saturated rings. The molecule has 6 heteroatoms. The zero-order valence-corrected chi connectivity index (χ0v) is 17.0. The zero-order valence-electron chi connectivity index (χ0n) is 17.0. The lowest BCUT2D eigenvalue weighted by atomic mass is 10.0. The van der Waals surface area contributed by atoms with E-state index in [1.165, 1.54) is 13.2 Å². The predicted molar refractivity (Wildman–Crippen MR) is 108 cm³/mol. The number of rotatable bonds is 5. The van der Waals surface area contributed by atoms with Crippen molar-refractivity contribution < 1.29 is 9.13 Å². The lowest BCUT2D eigenvalue weighted by Crippen LogP contribution is -2.27. The Morgan fingerprint density at radius 1 is 1.25 bits per heavy atom. The summed E-state index contributed by atoms with van der Waals surface area (Å²) in [7, 11) is 1.45. The summed E-state index contributed by atoms with van der Waals surface area (Å²) in [5.74, 6) is 0.957. The molecule has 0 unspecified atom stereocenters. The van der Waals surface area contributed by atoms with Crippen molar-refractivity contribution in [2.24, 2.45) is 5.92 Å². The molecule has 1 aromatic carbocycles. The Bertz CT molecular complexity index is 1120. The first-order valence-electron chi connectivity index (χ1n) is 9.79. The van der Waals surface area contributed by atoms with Gasteiger partial charge in [-0.2, -0.15) is 0 Å². The highest BCUT2D eigenvalue weighted by atomic mass is 19.1. The molecule has 3 aromatic rings. The van der Waals surface area contributed by atoms with Crippen LogP contribution in [0, 0.1) is 25.6 Å². The lowest BCUT2D eigenvalue weighted by molar-refractivity contribution is 0.386. The normalized spacial score (nSPS) is 14.2. The first kappa shape index (κ1) is 18.7. The number of fused-ring (bicyclic) bond motifs is 1. The molecule has 0 N–H and O–H groups in total. The fourth-order valence-electron chi connectivity index (χ4n) is 3.79. The van der Waals surface area contributed by atoms with E-state index < -0.39 is 5.82 Å². The molecule has 2 heterocycles.